The van der Waals surface area contributed by atoms with Gasteiger partial charge >= 0.3 is 5.97 Å². The summed E-state index contributed by atoms with van der Waals surface area (Å²) in [4.78, 5) is 16.2. The summed E-state index contributed by atoms with van der Waals surface area (Å²) in [6, 6.07) is -0.843. The zero-order valence-corrected chi connectivity index (χ0v) is 35.4. The molecule has 54 heavy (non-hydrogen) atoms. The van der Waals surface area contributed by atoms with Crippen LogP contribution in [0.1, 0.15) is 108 Å². The van der Waals surface area contributed by atoms with Crippen molar-refractivity contribution in [1.82, 2.24) is 15.5 Å². The van der Waals surface area contributed by atoms with Crippen LogP contribution in [-0.2, 0) is 28.5 Å². The molecular weight excluding hydrogens is 698 g/mol. The van der Waals surface area contributed by atoms with Crippen LogP contribution in [0.25, 0.3) is 0 Å². The fourth-order valence-corrected chi connectivity index (χ4v) is 8.93. The van der Waals surface area contributed by atoms with Crippen LogP contribution in [0, 0.1) is 23.7 Å². The lowest BCUT2D eigenvalue weighted by Crippen LogP contribution is -2.61. The van der Waals surface area contributed by atoms with E-state index in [1.165, 1.54) is 6.92 Å². The molecule has 14 heteroatoms. The molecule has 3 fully saturated rings. The van der Waals surface area contributed by atoms with Gasteiger partial charge in [0.2, 0.25) is 0 Å². The molecule has 3 heterocycles. The van der Waals surface area contributed by atoms with Crippen LogP contribution in [0.15, 0.2) is 0 Å². The van der Waals surface area contributed by atoms with E-state index in [1.807, 2.05) is 53.6 Å². The van der Waals surface area contributed by atoms with Gasteiger partial charge in [-0.3, -0.25) is 4.79 Å². The standard InChI is InChI=1S/C40H77N3O11/c1-14-16-41-21-40(49)23(4)17-31(51-28(40)9)53-33-25(6)35(54-37-32(44)29(43(12)13)18-24(5)50-37)38(10,47)19-22(3)20-42-27(8)34(45)39(11,48)30(15-2)52-36(46)26(33)7/h22-35,37,41-42,44-45,47-49H,14-21H2,1-13H3/t22-,23+,24-,25+,26-,27-,28+,29?,30?,31+,32-,33+,34-,35-,37?,38?,39-,40-/m1/s1. The summed E-state index contributed by atoms with van der Waals surface area (Å²) in [6.45, 7) is 21.4. The predicted molar refractivity (Wildman–Crippen MR) is 205 cm³/mol. The Morgan fingerprint density at radius 1 is 0.963 bits per heavy atom. The van der Waals surface area contributed by atoms with Crippen LogP contribution < -0.4 is 10.6 Å². The Bertz CT molecular complexity index is 1150. The molecule has 0 aromatic carbocycles. The minimum Gasteiger partial charge on any atom is -0.459 e. The molecule has 0 spiro atoms. The van der Waals surface area contributed by atoms with Gasteiger partial charge in [-0.2, -0.15) is 0 Å². The summed E-state index contributed by atoms with van der Waals surface area (Å²) < 4.78 is 32.1. The number of aliphatic hydroxyl groups excluding tert-OH is 2. The zero-order chi connectivity index (χ0) is 40.9. The third-order valence-electron chi connectivity index (χ3n) is 12.5. The van der Waals surface area contributed by atoms with E-state index in [2.05, 4.69) is 17.6 Å². The highest BCUT2D eigenvalue weighted by atomic mass is 16.7. The Labute approximate surface area is 325 Å². The second kappa shape index (κ2) is 19.6. The molecule has 3 aliphatic rings. The molecule has 0 amide bonds. The van der Waals surface area contributed by atoms with E-state index in [4.69, 9.17) is 23.7 Å². The quantitative estimate of drug-likeness (QED) is 0.126. The van der Waals surface area contributed by atoms with Gasteiger partial charge in [0.1, 0.15) is 29.5 Å². The van der Waals surface area contributed by atoms with Gasteiger partial charge in [0.15, 0.2) is 12.6 Å². The highest BCUT2D eigenvalue weighted by molar-refractivity contribution is 5.73. The summed E-state index contributed by atoms with van der Waals surface area (Å²) >= 11 is 0. The van der Waals surface area contributed by atoms with Crippen molar-refractivity contribution in [3.05, 3.63) is 0 Å². The number of carbonyl (C=O) groups excluding carboxylic acids is 1. The number of hydrogen-bond acceptors (Lipinski definition) is 14. The number of hydrogen-bond donors (Lipinski definition) is 7. The number of rotatable bonds is 10. The van der Waals surface area contributed by atoms with Gasteiger partial charge in [0.25, 0.3) is 0 Å². The van der Waals surface area contributed by atoms with Crippen molar-refractivity contribution in [2.24, 2.45) is 23.7 Å². The Hall–Kier alpha value is -1.01. The maximum absolute atomic E-state index is 14.2. The fourth-order valence-electron chi connectivity index (χ4n) is 8.93. The first-order chi connectivity index (χ1) is 25.0. The smallest absolute Gasteiger partial charge is 0.311 e. The molecule has 0 radical (unpaired) electrons. The third-order valence-corrected chi connectivity index (χ3v) is 12.5. The zero-order valence-electron chi connectivity index (χ0n) is 35.4. The third kappa shape index (κ3) is 11.1. The molecule has 14 nitrogen and oxygen atoms in total. The Balaban J connectivity index is 2.11. The van der Waals surface area contributed by atoms with Gasteiger partial charge < -0.3 is 64.8 Å². The summed E-state index contributed by atoms with van der Waals surface area (Å²) in [6.07, 6.45) is -5.85. The molecule has 0 saturated carbocycles. The van der Waals surface area contributed by atoms with Gasteiger partial charge in [-0.1, -0.05) is 34.6 Å². The number of carbonyl (C=O) groups is 1. The predicted octanol–water partition coefficient (Wildman–Crippen LogP) is 2.16. The van der Waals surface area contributed by atoms with Gasteiger partial charge in [-0.15, -0.1) is 0 Å². The average Bonchev–Trinajstić information content (AvgIpc) is 3.09. The Morgan fingerprint density at radius 3 is 2.19 bits per heavy atom. The van der Waals surface area contributed by atoms with E-state index in [1.54, 1.807) is 27.7 Å². The van der Waals surface area contributed by atoms with E-state index < -0.39 is 89.9 Å². The minimum atomic E-state index is -1.79. The van der Waals surface area contributed by atoms with E-state index in [-0.39, 0.29) is 36.8 Å². The van der Waals surface area contributed by atoms with E-state index in [9.17, 15) is 30.3 Å². The van der Waals surface area contributed by atoms with Gasteiger partial charge in [0, 0.05) is 31.0 Å². The van der Waals surface area contributed by atoms with Crippen LogP contribution in [0.2, 0.25) is 0 Å². The molecule has 3 rings (SSSR count). The summed E-state index contributed by atoms with van der Waals surface area (Å²) in [5.74, 6) is -2.75. The maximum atomic E-state index is 14.2. The average molecular weight is 776 g/mol. The second-order valence-electron chi connectivity index (χ2n) is 17.8. The SMILES string of the molecule is CCCNC[C@]1(O)[C@H](C)O[C@@H](O[C@H]2[C@H](C)[C@@H](OC3O[C@H](C)CC(N(C)C)[C@H]3O)C(C)(O)C[C@@H](C)CN[C@H](C)[C@@H](O)[C@](C)(O)C(CC)OC(=O)[C@@H]2C)C[C@@H]1C. The molecule has 0 aliphatic carbocycles. The van der Waals surface area contributed by atoms with E-state index >= 15 is 0 Å². The van der Waals surface area contributed by atoms with Crippen molar-refractivity contribution >= 4 is 5.97 Å². The fraction of sp³-hybridized carbons (Fsp3) is 0.975. The largest absolute Gasteiger partial charge is 0.459 e. The van der Waals surface area contributed by atoms with Crippen LogP contribution >= 0.6 is 0 Å². The molecule has 3 saturated heterocycles. The van der Waals surface area contributed by atoms with Gasteiger partial charge in [0.05, 0.1) is 35.9 Å². The Kier molecular flexibility index (Phi) is 17.2. The summed E-state index contributed by atoms with van der Waals surface area (Å²) in [7, 11) is 3.79. The van der Waals surface area contributed by atoms with Crippen molar-refractivity contribution < 1.29 is 54.0 Å². The van der Waals surface area contributed by atoms with Crippen molar-refractivity contribution in [2.45, 2.75) is 192 Å². The van der Waals surface area contributed by atoms with Gasteiger partial charge in [-0.05, 0) is 106 Å². The van der Waals surface area contributed by atoms with Crippen molar-refractivity contribution in [3.63, 3.8) is 0 Å². The molecule has 7 N–H and O–H groups in total. The minimum absolute atomic E-state index is 0.146. The number of ether oxygens (including phenoxy) is 5. The van der Waals surface area contributed by atoms with Crippen LogP contribution in [0.5, 0.6) is 0 Å². The molecule has 3 aliphatic heterocycles. The molecule has 18 atom stereocenters. The molecule has 0 aromatic rings. The number of esters is 1. The maximum Gasteiger partial charge on any atom is 0.311 e. The number of nitrogens with zero attached hydrogens (tertiary/aromatic N) is 1. The molecular formula is C40H77N3O11. The summed E-state index contributed by atoms with van der Waals surface area (Å²) in [5.41, 5.74) is -4.49. The van der Waals surface area contributed by atoms with Crippen LogP contribution in [-0.4, -0.2) is 154 Å². The lowest BCUT2D eigenvalue weighted by Gasteiger charge is -2.49. The first-order valence-electron chi connectivity index (χ1n) is 20.5. The van der Waals surface area contributed by atoms with Crippen molar-refractivity contribution in [2.75, 3.05) is 33.7 Å². The summed E-state index contributed by atoms with van der Waals surface area (Å²) in [5, 5.41) is 65.3. The molecule has 4 unspecified atom stereocenters. The second-order valence-corrected chi connectivity index (χ2v) is 17.8. The van der Waals surface area contributed by atoms with E-state index in [0.717, 1.165) is 13.0 Å². The highest BCUT2D eigenvalue weighted by Gasteiger charge is 2.52. The monoisotopic (exact) mass is 776 g/mol. The topological polar surface area (TPSA) is 192 Å². The number of nitrogens with one attached hydrogen (secondary N) is 2. The molecule has 0 aromatic heterocycles. The highest BCUT2D eigenvalue weighted by Crippen LogP contribution is 2.40. The first kappa shape index (κ1) is 47.4. The van der Waals surface area contributed by atoms with Gasteiger partial charge in [-0.25, -0.2) is 0 Å². The number of likely N-dealkylation sites (N-methyl/N-ethyl adjacent to an activating group) is 1. The number of cyclic esters (lactones) is 1. The van der Waals surface area contributed by atoms with Crippen molar-refractivity contribution in [3.8, 4) is 0 Å². The van der Waals surface area contributed by atoms with Crippen molar-refractivity contribution in [1.29, 1.82) is 0 Å². The van der Waals surface area contributed by atoms with E-state index in [0.29, 0.717) is 25.9 Å². The van der Waals surface area contributed by atoms with Crippen LogP contribution in [0.3, 0.4) is 0 Å². The molecule has 0 bridgehead atoms. The normalized spacial score (nSPS) is 47.8. The Morgan fingerprint density at radius 2 is 1.61 bits per heavy atom. The lowest BCUT2D eigenvalue weighted by molar-refractivity contribution is -0.314. The first-order valence-corrected chi connectivity index (χ1v) is 20.5. The lowest BCUT2D eigenvalue weighted by atomic mass is 9.77. The number of aliphatic hydroxyl groups is 5. The van der Waals surface area contributed by atoms with Crippen LogP contribution in [0.4, 0.5) is 0 Å². The molecule has 318 valence electrons.